The zero-order valence-electron chi connectivity index (χ0n) is 10.4. The standard InChI is InChI=1S/C11H8FN7O2/c12-6-1-3-7(4-2-6)19-5-8(16-18-19)9-14-11(21-17-9)10(20)15-13/h1-5H,13H2,(H,15,20). The number of hydrogen-bond donors (Lipinski definition) is 2. The van der Waals surface area contributed by atoms with E-state index in [4.69, 9.17) is 10.4 Å². The molecule has 0 saturated heterocycles. The molecule has 2 heterocycles. The molecule has 0 aliphatic heterocycles. The summed E-state index contributed by atoms with van der Waals surface area (Å²) in [7, 11) is 0. The molecule has 0 radical (unpaired) electrons. The van der Waals surface area contributed by atoms with E-state index in [0.29, 0.717) is 11.4 Å². The Morgan fingerprint density at radius 2 is 2.10 bits per heavy atom. The summed E-state index contributed by atoms with van der Waals surface area (Å²) in [5, 5.41) is 11.3. The molecule has 0 spiro atoms. The Kier molecular flexibility index (Phi) is 3.12. The summed E-state index contributed by atoms with van der Waals surface area (Å²) in [6.07, 6.45) is 1.52. The number of carbonyl (C=O) groups is 1. The second-order valence-corrected chi connectivity index (χ2v) is 3.92. The van der Waals surface area contributed by atoms with Crippen molar-refractivity contribution in [2.24, 2.45) is 5.84 Å². The third-order valence-corrected chi connectivity index (χ3v) is 2.57. The molecule has 0 bridgehead atoms. The predicted octanol–water partition coefficient (Wildman–Crippen LogP) is 0.0599. The zero-order valence-corrected chi connectivity index (χ0v) is 10.4. The highest BCUT2D eigenvalue weighted by Gasteiger charge is 2.17. The van der Waals surface area contributed by atoms with Crippen molar-refractivity contribution >= 4 is 5.91 Å². The van der Waals surface area contributed by atoms with E-state index in [1.165, 1.54) is 35.1 Å². The summed E-state index contributed by atoms with van der Waals surface area (Å²) in [6, 6.07) is 5.68. The van der Waals surface area contributed by atoms with Crippen LogP contribution in [0.3, 0.4) is 0 Å². The molecule has 0 aliphatic rings. The lowest BCUT2D eigenvalue weighted by Gasteiger charge is -1.97. The molecule has 3 aromatic rings. The number of nitrogens with zero attached hydrogens (tertiary/aromatic N) is 5. The van der Waals surface area contributed by atoms with Gasteiger partial charge in [-0.1, -0.05) is 10.4 Å². The molecule has 10 heteroatoms. The first kappa shape index (κ1) is 12.9. The first-order chi connectivity index (χ1) is 10.2. The molecule has 9 nitrogen and oxygen atoms in total. The highest BCUT2D eigenvalue weighted by molar-refractivity contribution is 5.89. The number of aromatic nitrogens is 5. The van der Waals surface area contributed by atoms with Crippen LogP contribution in [-0.2, 0) is 0 Å². The Hall–Kier alpha value is -3.14. The molecular weight excluding hydrogens is 281 g/mol. The lowest BCUT2D eigenvalue weighted by Crippen LogP contribution is -2.30. The van der Waals surface area contributed by atoms with Gasteiger partial charge in [0.2, 0.25) is 5.82 Å². The van der Waals surface area contributed by atoms with E-state index >= 15 is 0 Å². The summed E-state index contributed by atoms with van der Waals surface area (Å²) in [5.74, 6) is 3.69. The number of nitrogens with two attached hydrogens (primary N) is 1. The van der Waals surface area contributed by atoms with Crippen molar-refractivity contribution in [3.63, 3.8) is 0 Å². The van der Waals surface area contributed by atoms with Gasteiger partial charge in [0.25, 0.3) is 0 Å². The Morgan fingerprint density at radius 3 is 2.81 bits per heavy atom. The molecule has 3 rings (SSSR count). The molecule has 0 fully saturated rings. The van der Waals surface area contributed by atoms with Crippen LogP contribution in [0, 0.1) is 5.82 Å². The number of rotatable bonds is 3. The second-order valence-electron chi connectivity index (χ2n) is 3.92. The summed E-state index contributed by atoms with van der Waals surface area (Å²) in [6.45, 7) is 0. The Balaban J connectivity index is 1.89. The molecule has 2 aromatic heterocycles. The van der Waals surface area contributed by atoms with E-state index in [0.717, 1.165) is 0 Å². The van der Waals surface area contributed by atoms with E-state index in [1.807, 2.05) is 5.43 Å². The normalized spacial score (nSPS) is 10.6. The fourth-order valence-corrected chi connectivity index (χ4v) is 1.57. The number of nitrogens with one attached hydrogen (secondary N) is 1. The van der Waals surface area contributed by atoms with Crippen LogP contribution in [-0.4, -0.2) is 31.0 Å². The number of nitrogen functional groups attached to an aromatic ring is 1. The number of amides is 1. The zero-order chi connectivity index (χ0) is 14.8. The summed E-state index contributed by atoms with van der Waals surface area (Å²) >= 11 is 0. The minimum atomic E-state index is -0.709. The maximum Gasteiger partial charge on any atom is 0.323 e. The van der Waals surface area contributed by atoms with Gasteiger partial charge in [0.1, 0.15) is 5.82 Å². The van der Waals surface area contributed by atoms with Crippen molar-refractivity contribution < 1.29 is 13.7 Å². The molecule has 1 aromatic carbocycles. The maximum absolute atomic E-state index is 12.9. The van der Waals surface area contributed by atoms with Gasteiger partial charge in [-0.2, -0.15) is 4.98 Å². The molecule has 1 amide bonds. The van der Waals surface area contributed by atoms with Crippen molar-refractivity contribution in [2.75, 3.05) is 0 Å². The largest absolute Gasteiger partial charge is 0.328 e. The van der Waals surface area contributed by atoms with Gasteiger partial charge in [-0.05, 0) is 24.3 Å². The SMILES string of the molecule is NNC(=O)c1nc(-c2cn(-c3ccc(F)cc3)nn2)no1. The molecule has 0 aliphatic carbocycles. The maximum atomic E-state index is 12.9. The fourth-order valence-electron chi connectivity index (χ4n) is 1.57. The van der Waals surface area contributed by atoms with Crippen molar-refractivity contribution in [1.82, 2.24) is 30.6 Å². The highest BCUT2D eigenvalue weighted by Crippen LogP contribution is 2.14. The first-order valence-electron chi connectivity index (χ1n) is 5.70. The van der Waals surface area contributed by atoms with Crippen LogP contribution in [0.2, 0.25) is 0 Å². The minimum absolute atomic E-state index is 0.0851. The lowest BCUT2D eigenvalue weighted by atomic mass is 10.3. The van der Waals surface area contributed by atoms with Crippen LogP contribution in [0.25, 0.3) is 17.2 Å². The number of halogens is 1. The predicted molar refractivity (Wildman–Crippen MR) is 66.3 cm³/mol. The van der Waals surface area contributed by atoms with Crippen molar-refractivity contribution in [1.29, 1.82) is 0 Å². The van der Waals surface area contributed by atoms with Crippen LogP contribution in [0.5, 0.6) is 0 Å². The van der Waals surface area contributed by atoms with Gasteiger partial charge in [0, 0.05) is 0 Å². The second kappa shape index (κ2) is 5.09. The van der Waals surface area contributed by atoms with E-state index < -0.39 is 5.91 Å². The van der Waals surface area contributed by atoms with E-state index in [1.54, 1.807) is 0 Å². The van der Waals surface area contributed by atoms with Gasteiger partial charge < -0.3 is 4.52 Å². The van der Waals surface area contributed by atoms with Crippen LogP contribution < -0.4 is 11.3 Å². The molecule has 21 heavy (non-hydrogen) atoms. The topological polar surface area (TPSA) is 125 Å². The van der Waals surface area contributed by atoms with Crippen LogP contribution in [0.4, 0.5) is 4.39 Å². The molecule has 3 N–H and O–H groups in total. The number of hydrogen-bond acceptors (Lipinski definition) is 7. The van der Waals surface area contributed by atoms with E-state index in [9.17, 15) is 9.18 Å². The van der Waals surface area contributed by atoms with Crippen molar-refractivity contribution in [2.45, 2.75) is 0 Å². The van der Waals surface area contributed by atoms with Gasteiger partial charge in [-0.15, -0.1) is 5.10 Å². The molecule has 106 valence electrons. The van der Waals surface area contributed by atoms with Gasteiger partial charge >= 0.3 is 11.8 Å². The van der Waals surface area contributed by atoms with Crippen LogP contribution in [0.15, 0.2) is 35.0 Å². The monoisotopic (exact) mass is 289 g/mol. The average Bonchev–Trinajstić information content (AvgIpc) is 3.16. The van der Waals surface area contributed by atoms with Gasteiger partial charge in [0.05, 0.1) is 11.9 Å². The summed E-state index contributed by atoms with van der Waals surface area (Å²) in [4.78, 5) is 15.0. The third-order valence-electron chi connectivity index (χ3n) is 2.57. The molecule has 0 saturated carbocycles. The smallest absolute Gasteiger partial charge is 0.323 e. The summed E-state index contributed by atoms with van der Waals surface area (Å²) in [5.41, 5.74) is 2.77. The minimum Gasteiger partial charge on any atom is -0.328 e. The van der Waals surface area contributed by atoms with E-state index in [2.05, 4.69) is 20.5 Å². The molecular formula is C11H8FN7O2. The van der Waals surface area contributed by atoms with E-state index in [-0.39, 0.29) is 17.5 Å². The molecule has 0 unspecified atom stereocenters. The fraction of sp³-hybridized carbons (Fsp3) is 0. The average molecular weight is 289 g/mol. The molecule has 0 atom stereocenters. The van der Waals surface area contributed by atoms with Gasteiger partial charge in [0.15, 0.2) is 5.69 Å². The van der Waals surface area contributed by atoms with Crippen LogP contribution in [0.1, 0.15) is 10.7 Å². The van der Waals surface area contributed by atoms with Gasteiger partial charge in [-0.25, -0.2) is 14.9 Å². The third kappa shape index (κ3) is 2.47. The Labute approximate surface area is 116 Å². The van der Waals surface area contributed by atoms with Gasteiger partial charge in [-0.3, -0.25) is 10.2 Å². The number of benzene rings is 1. The Bertz CT molecular complexity index is 780. The number of carbonyl (C=O) groups excluding carboxylic acids is 1. The van der Waals surface area contributed by atoms with Crippen LogP contribution >= 0.6 is 0 Å². The quantitative estimate of drug-likeness (QED) is 0.396. The number of hydrazine groups is 1. The Morgan fingerprint density at radius 1 is 1.33 bits per heavy atom. The van der Waals surface area contributed by atoms with Crippen molar-refractivity contribution in [3.8, 4) is 17.2 Å². The first-order valence-corrected chi connectivity index (χ1v) is 5.70. The lowest BCUT2D eigenvalue weighted by molar-refractivity contribution is 0.0910. The summed E-state index contributed by atoms with van der Waals surface area (Å²) < 4.78 is 19.0. The van der Waals surface area contributed by atoms with Crippen molar-refractivity contribution in [3.05, 3.63) is 42.2 Å². The highest BCUT2D eigenvalue weighted by atomic mass is 19.1.